The number of nitrogens with zero attached hydrogens (tertiary/aromatic N) is 2. The first kappa shape index (κ1) is 19.8. The lowest BCUT2D eigenvalue weighted by Gasteiger charge is -2.34. The van der Waals surface area contributed by atoms with Crippen LogP contribution in [-0.2, 0) is 11.3 Å². The van der Waals surface area contributed by atoms with E-state index < -0.39 is 12.6 Å². The average molecular weight is 394 g/mol. The fourth-order valence-corrected chi connectivity index (χ4v) is 3.02. The molecule has 0 spiro atoms. The van der Waals surface area contributed by atoms with Gasteiger partial charge in [-0.1, -0.05) is 12.1 Å². The highest BCUT2D eigenvalue weighted by molar-refractivity contribution is 5.97. The maximum atomic E-state index is 12.7. The molecule has 7 nitrogen and oxygen atoms in total. The minimum absolute atomic E-state index is 0.116. The van der Waals surface area contributed by atoms with E-state index in [2.05, 4.69) is 14.4 Å². The van der Waals surface area contributed by atoms with Crippen molar-refractivity contribution in [3.8, 4) is 5.75 Å². The second-order valence-electron chi connectivity index (χ2n) is 6.20. The van der Waals surface area contributed by atoms with Crippen LogP contribution in [0.3, 0.4) is 0 Å². The summed E-state index contributed by atoms with van der Waals surface area (Å²) in [6.07, 6.45) is 0. The highest BCUT2D eigenvalue weighted by Gasteiger charge is 2.25. The van der Waals surface area contributed by atoms with Gasteiger partial charge in [-0.2, -0.15) is 8.78 Å². The summed E-state index contributed by atoms with van der Waals surface area (Å²) in [5, 5.41) is 0. The minimum atomic E-state index is -2.99. The molecule has 3 rings (SSSR count). The summed E-state index contributed by atoms with van der Waals surface area (Å²) < 4.78 is 39.6. The second kappa shape index (κ2) is 8.83. The van der Waals surface area contributed by atoms with Crippen molar-refractivity contribution in [3.05, 3.63) is 53.5 Å². The van der Waals surface area contributed by atoms with Crippen LogP contribution in [0, 0.1) is 0 Å². The van der Waals surface area contributed by atoms with Crippen molar-refractivity contribution in [2.45, 2.75) is 13.2 Å². The zero-order valence-electron chi connectivity index (χ0n) is 15.3. The van der Waals surface area contributed by atoms with Crippen molar-refractivity contribution >= 4 is 11.9 Å². The molecule has 0 N–H and O–H groups in total. The third kappa shape index (κ3) is 4.66. The first-order valence-electron chi connectivity index (χ1n) is 8.70. The number of hydrogen-bond donors (Lipinski definition) is 0. The Kier molecular flexibility index (Phi) is 6.25. The van der Waals surface area contributed by atoms with E-state index in [0.29, 0.717) is 38.5 Å². The van der Waals surface area contributed by atoms with Gasteiger partial charge in [0.2, 0.25) is 5.76 Å². The largest absolute Gasteiger partial charge is 0.463 e. The zero-order chi connectivity index (χ0) is 20.1. The third-order valence-electron chi connectivity index (χ3n) is 4.42. The van der Waals surface area contributed by atoms with Gasteiger partial charge < -0.3 is 18.8 Å². The summed E-state index contributed by atoms with van der Waals surface area (Å²) in [7, 11) is 1.28. The molecule has 0 unspecified atom stereocenters. The molecule has 0 bridgehead atoms. The quantitative estimate of drug-likeness (QED) is 0.702. The summed E-state index contributed by atoms with van der Waals surface area (Å²) in [6, 6.07) is 9.24. The minimum Gasteiger partial charge on any atom is -0.463 e. The molecule has 2 heterocycles. The van der Waals surface area contributed by atoms with E-state index in [9.17, 15) is 18.4 Å². The Morgan fingerprint density at radius 1 is 1.11 bits per heavy atom. The maximum Gasteiger partial charge on any atom is 0.387 e. The van der Waals surface area contributed by atoms with Gasteiger partial charge in [-0.3, -0.25) is 9.69 Å². The van der Waals surface area contributed by atoms with Gasteiger partial charge in [0.05, 0.1) is 19.2 Å². The van der Waals surface area contributed by atoms with Gasteiger partial charge in [0.15, 0.2) is 0 Å². The van der Waals surface area contributed by atoms with Gasteiger partial charge in [-0.15, -0.1) is 0 Å². The van der Waals surface area contributed by atoms with Crippen molar-refractivity contribution in [1.82, 2.24) is 9.80 Å². The Labute approximate surface area is 160 Å². The summed E-state index contributed by atoms with van der Waals surface area (Å²) in [4.78, 5) is 27.8. The number of hydrogen-bond acceptors (Lipinski definition) is 6. The summed E-state index contributed by atoms with van der Waals surface area (Å²) >= 11 is 0. The van der Waals surface area contributed by atoms with Crippen LogP contribution in [0.2, 0.25) is 0 Å². The molecule has 1 amide bonds. The van der Waals surface area contributed by atoms with Crippen LogP contribution in [0.4, 0.5) is 8.78 Å². The maximum absolute atomic E-state index is 12.7. The van der Waals surface area contributed by atoms with Crippen molar-refractivity contribution < 1.29 is 32.3 Å². The molecule has 1 fully saturated rings. The van der Waals surface area contributed by atoms with Crippen LogP contribution in [0.1, 0.15) is 26.7 Å². The van der Waals surface area contributed by atoms with E-state index in [4.69, 9.17) is 4.42 Å². The van der Waals surface area contributed by atoms with Crippen molar-refractivity contribution in [1.29, 1.82) is 0 Å². The molecular weight excluding hydrogens is 374 g/mol. The van der Waals surface area contributed by atoms with E-state index in [1.165, 1.54) is 19.2 Å². The molecule has 1 saturated heterocycles. The van der Waals surface area contributed by atoms with E-state index in [0.717, 1.165) is 0 Å². The third-order valence-corrected chi connectivity index (χ3v) is 4.42. The topological polar surface area (TPSA) is 72.2 Å². The molecule has 2 aromatic rings. The van der Waals surface area contributed by atoms with Crippen LogP contribution in [-0.4, -0.2) is 61.6 Å². The Morgan fingerprint density at radius 2 is 1.82 bits per heavy atom. The fourth-order valence-electron chi connectivity index (χ4n) is 3.02. The number of carbonyl (C=O) groups is 2. The molecule has 0 saturated carbocycles. The van der Waals surface area contributed by atoms with E-state index in [-0.39, 0.29) is 23.0 Å². The highest BCUT2D eigenvalue weighted by Crippen LogP contribution is 2.23. The van der Waals surface area contributed by atoms with E-state index in [1.807, 2.05) is 0 Å². The number of halogens is 2. The normalized spacial score (nSPS) is 14.9. The molecule has 1 aromatic carbocycles. The Bertz CT molecular complexity index is 831. The predicted molar refractivity (Wildman–Crippen MR) is 94.3 cm³/mol. The number of esters is 1. The van der Waals surface area contributed by atoms with E-state index in [1.54, 1.807) is 29.2 Å². The van der Waals surface area contributed by atoms with Gasteiger partial charge in [0.25, 0.3) is 5.91 Å². The molecule has 0 aliphatic carbocycles. The monoisotopic (exact) mass is 394 g/mol. The molecule has 9 heteroatoms. The van der Waals surface area contributed by atoms with Crippen molar-refractivity contribution in [2.24, 2.45) is 0 Å². The number of alkyl halides is 2. The van der Waals surface area contributed by atoms with Gasteiger partial charge >= 0.3 is 12.6 Å². The number of piperazine rings is 1. The first-order chi connectivity index (χ1) is 13.5. The number of carbonyl (C=O) groups excluding carboxylic acids is 2. The van der Waals surface area contributed by atoms with Gasteiger partial charge in [-0.25, -0.2) is 4.79 Å². The lowest BCUT2D eigenvalue weighted by Crippen LogP contribution is -2.48. The molecule has 28 heavy (non-hydrogen) atoms. The molecule has 1 aliphatic rings. The van der Waals surface area contributed by atoms with Crippen LogP contribution in [0.25, 0.3) is 0 Å². The lowest BCUT2D eigenvalue weighted by atomic mass is 10.1. The molecule has 1 aliphatic heterocycles. The van der Waals surface area contributed by atoms with Gasteiger partial charge in [-0.05, 0) is 24.3 Å². The Morgan fingerprint density at radius 3 is 2.50 bits per heavy atom. The number of rotatable bonds is 6. The standard InChI is InChI=1S/C19H20F2N2O5/c1-26-18(25)16-7-6-13(27-16)12-22-8-10-23(11-9-22)17(24)14-4-2-3-5-15(14)28-19(20)21/h2-7,19H,8-12H2,1H3. The lowest BCUT2D eigenvalue weighted by molar-refractivity contribution is -0.0503. The summed E-state index contributed by atoms with van der Waals surface area (Å²) in [5.41, 5.74) is 0.116. The number of benzene rings is 1. The van der Waals surface area contributed by atoms with Gasteiger partial charge in [0.1, 0.15) is 11.5 Å². The van der Waals surface area contributed by atoms with Crippen LogP contribution >= 0.6 is 0 Å². The van der Waals surface area contributed by atoms with Crippen molar-refractivity contribution in [2.75, 3.05) is 33.3 Å². The summed E-state index contributed by atoms with van der Waals surface area (Å²) in [6.45, 7) is -0.465. The molecular formula is C19H20F2N2O5. The fraction of sp³-hybridized carbons (Fsp3) is 0.368. The number of para-hydroxylation sites is 1. The van der Waals surface area contributed by atoms with Crippen LogP contribution in [0.15, 0.2) is 40.8 Å². The number of furan rings is 1. The number of ether oxygens (including phenoxy) is 2. The van der Waals surface area contributed by atoms with E-state index >= 15 is 0 Å². The van der Waals surface area contributed by atoms with Crippen LogP contribution < -0.4 is 4.74 Å². The highest BCUT2D eigenvalue weighted by atomic mass is 19.3. The number of methoxy groups -OCH3 is 1. The Balaban J connectivity index is 1.57. The van der Waals surface area contributed by atoms with Crippen LogP contribution in [0.5, 0.6) is 5.75 Å². The SMILES string of the molecule is COC(=O)c1ccc(CN2CCN(C(=O)c3ccccc3OC(F)F)CC2)o1. The first-order valence-corrected chi connectivity index (χ1v) is 8.70. The Hall–Kier alpha value is -2.94. The predicted octanol–water partition coefficient (Wildman–Crippen LogP) is 2.63. The van der Waals surface area contributed by atoms with Crippen molar-refractivity contribution in [3.63, 3.8) is 0 Å². The molecule has 150 valence electrons. The molecule has 0 atom stereocenters. The second-order valence-corrected chi connectivity index (χ2v) is 6.20. The smallest absolute Gasteiger partial charge is 0.387 e. The zero-order valence-corrected chi connectivity index (χ0v) is 15.3. The average Bonchev–Trinajstić information content (AvgIpc) is 3.16. The molecule has 0 radical (unpaired) electrons. The van der Waals surface area contributed by atoms with Gasteiger partial charge in [0, 0.05) is 26.2 Å². The number of amides is 1. The molecule has 1 aromatic heterocycles. The summed E-state index contributed by atoms with van der Waals surface area (Å²) in [5.74, 6) is -0.248.